The fourth-order valence-electron chi connectivity index (χ4n) is 2.21. The van der Waals surface area contributed by atoms with Gasteiger partial charge in [-0.2, -0.15) is 0 Å². The van der Waals surface area contributed by atoms with E-state index in [-0.39, 0.29) is 22.3 Å². The molecule has 0 aliphatic heterocycles. The van der Waals surface area contributed by atoms with Crippen molar-refractivity contribution in [1.82, 2.24) is 4.31 Å². The van der Waals surface area contributed by atoms with Gasteiger partial charge in [-0.1, -0.05) is 18.2 Å². The molecule has 26 heavy (non-hydrogen) atoms. The van der Waals surface area contributed by atoms with Gasteiger partial charge in [-0.05, 0) is 36.8 Å². The minimum Gasteiger partial charge on any atom is -0.495 e. The SMILES string of the molecule is COc1ccc(NC(=O)CSc2ccccc2C)cc1S(=O)(=O)N(C)C. The summed E-state index contributed by atoms with van der Waals surface area (Å²) in [5.74, 6) is 0.245. The highest BCUT2D eigenvalue weighted by Gasteiger charge is 2.23. The summed E-state index contributed by atoms with van der Waals surface area (Å²) in [7, 11) is 0.603. The Labute approximate surface area is 158 Å². The second kappa shape index (κ2) is 8.57. The lowest BCUT2D eigenvalue weighted by molar-refractivity contribution is -0.113. The monoisotopic (exact) mass is 394 g/mol. The highest BCUT2D eigenvalue weighted by molar-refractivity contribution is 8.00. The summed E-state index contributed by atoms with van der Waals surface area (Å²) in [6.45, 7) is 1.99. The lowest BCUT2D eigenvalue weighted by atomic mass is 10.2. The summed E-state index contributed by atoms with van der Waals surface area (Å²) >= 11 is 1.43. The molecule has 1 amide bonds. The fraction of sp³-hybridized carbons (Fsp3) is 0.278. The number of thioether (sulfide) groups is 1. The lowest BCUT2D eigenvalue weighted by Crippen LogP contribution is -2.23. The smallest absolute Gasteiger partial charge is 0.246 e. The van der Waals surface area contributed by atoms with E-state index in [0.29, 0.717) is 5.69 Å². The van der Waals surface area contributed by atoms with Crippen molar-refractivity contribution in [2.45, 2.75) is 16.7 Å². The van der Waals surface area contributed by atoms with Gasteiger partial charge in [-0.25, -0.2) is 12.7 Å². The largest absolute Gasteiger partial charge is 0.495 e. The first kappa shape index (κ1) is 20.3. The molecule has 0 radical (unpaired) electrons. The molecule has 0 aliphatic rings. The number of nitrogens with one attached hydrogen (secondary N) is 1. The molecule has 8 heteroatoms. The van der Waals surface area contributed by atoms with Crippen molar-refractivity contribution in [1.29, 1.82) is 0 Å². The van der Waals surface area contributed by atoms with E-state index in [1.165, 1.54) is 45.1 Å². The van der Waals surface area contributed by atoms with Crippen molar-refractivity contribution in [3.63, 3.8) is 0 Å². The maximum Gasteiger partial charge on any atom is 0.246 e. The van der Waals surface area contributed by atoms with Gasteiger partial charge in [0.25, 0.3) is 0 Å². The number of rotatable bonds is 7. The molecule has 0 saturated carbocycles. The van der Waals surface area contributed by atoms with Gasteiger partial charge >= 0.3 is 0 Å². The molecule has 2 rings (SSSR count). The zero-order chi connectivity index (χ0) is 19.3. The predicted octanol–water partition coefficient (Wildman–Crippen LogP) is 2.98. The molecule has 0 bridgehead atoms. The molecule has 0 saturated heterocycles. The van der Waals surface area contributed by atoms with Crippen LogP contribution in [-0.2, 0) is 14.8 Å². The van der Waals surface area contributed by atoms with Crippen LogP contribution in [-0.4, -0.2) is 45.6 Å². The summed E-state index contributed by atoms with van der Waals surface area (Å²) in [5, 5.41) is 2.74. The van der Waals surface area contributed by atoms with E-state index < -0.39 is 10.0 Å². The van der Waals surface area contributed by atoms with Gasteiger partial charge in [0, 0.05) is 24.7 Å². The van der Waals surface area contributed by atoms with E-state index >= 15 is 0 Å². The van der Waals surface area contributed by atoms with E-state index in [2.05, 4.69) is 5.32 Å². The Morgan fingerprint density at radius 3 is 2.50 bits per heavy atom. The Morgan fingerprint density at radius 2 is 1.88 bits per heavy atom. The third kappa shape index (κ3) is 4.78. The third-order valence-corrected chi connectivity index (χ3v) is 6.67. The quantitative estimate of drug-likeness (QED) is 0.731. The molecule has 0 heterocycles. The Kier molecular flexibility index (Phi) is 6.69. The van der Waals surface area contributed by atoms with Crippen LogP contribution >= 0.6 is 11.8 Å². The van der Waals surface area contributed by atoms with Crippen molar-refractivity contribution >= 4 is 33.4 Å². The van der Waals surface area contributed by atoms with Gasteiger partial charge in [-0.15, -0.1) is 11.8 Å². The maximum atomic E-state index is 12.4. The Bertz CT molecular complexity index is 896. The highest BCUT2D eigenvalue weighted by atomic mass is 32.2. The van der Waals surface area contributed by atoms with Crippen molar-refractivity contribution in [2.24, 2.45) is 0 Å². The summed E-state index contributed by atoms with van der Waals surface area (Å²) < 4.78 is 31.1. The minimum atomic E-state index is -3.69. The van der Waals surface area contributed by atoms with Crippen LogP contribution in [0.25, 0.3) is 0 Å². The summed E-state index contributed by atoms with van der Waals surface area (Å²) in [5.41, 5.74) is 1.51. The maximum absolute atomic E-state index is 12.4. The van der Waals surface area contributed by atoms with E-state index in [1.54, 1.807) is 6.07 Å². The van der Waals surface area contributed by atoms with Crippen LogP contribution in [0.3, 0.4) is 0 Å². The van der Waals surface area contributed by atoms with E-state index in [4.69, 9.17) is 4.74 Å². The van der Waals surface area contributed by atoms with E-state index in [9.17, 15) is 13.2 Å². The highest BCUT2D eigenvalue weighted by Crippen LogP contribution is 2.29. The zero-order valence-corrected chi connectivity index (χ0v) is 16.8. The van der Waals surface area contributed by atoms with Gasteiger partial charge < -0.3 is 10.1 Å². The van der Waals surface area contributed by atoms with Gasteiger partial charge in [0.15, 0.2) is 0 Å². The molecular formula is C18H22N2O4S2. The first-order valence-corrected chi connectivity index (χ1v) is 10.3. The first-order valence-electron chi connectivity index (χ1n) is 7.84. The molecule has 2 aromatic carbocycles. The number of ether oxygens (including phenoxy) is 1. The fourth-order valence-corrected chi connectivity index (χ4v) is 4.12. The van der Waals surface area contributed by atoms with Gasteiger partial charge in [0.05, 0.1) is 12.9 Å². The van der Waals surface area contributed by atoms with E-state index in [1.807, 2.05) is 31.2 Å². The van der Waals surface area contributed by atoms with Gasteiger partial charge in [-0.3, -0.25) is 4.79 Å². The number of anilines is 1. The van der Waals surface area contributed by atoms with Crippen molar-refractivity contribution < 1.29 is 17.9 Å². The Hall–Kier alpha value is -2.03. The molecule has 1 N–H and O–H groups in total. The molecule has 140 valence electrons. The number of hydrogen-bond donors (Lipinski definition) is 1. The van der Waals surface area contributed by atoms with Gasteiger partial charge in [0.2, 0.25) is 15.9 Å². The van der Waals surface area contributed by atoms with Crippen molar-refractivity contribution in [3.05, 3.63) is 48.0 Å². The summed E-state index contributed by atoms with van der Waals surface area (Å²) in [4.78, 5) is 13.3. The topological polar surface area (TPSA) is 75.7 Å². The number of carbonyl (C=O) groups is 1. The predicted molar refractivity (Wildman–Crippen MR) is 104 cm³/mol. The molecule has 0 fully saturated rings. The molecule has 0 unspecified atom stereocenters. The summed E-state index contributed by atoms with van der Waals surface area (Å²) in [6.07, 6.45) is 0. The van der Waals surface area contributed by atoms with Crippen molar-refractivity contribution in [3.8, 4) is 5.75 Å². The minimum absolute atomic E-state index is 0.00866. The Balaban J connectivity index is 2.14. The average Bonchev–Trinajstić information content (AvgIpc) is 2.60. The van der Waals surface area contributed by atoms with Crippen molar-refractivity contribution in [2.75, 3.05) is 32.3 Å². The molecule has 0 aliphatic carbocycles. The van der Waals surface area contributed by atoms with Crippen LogP contribution in [0.2, 0.25) is 0 Å². The molecule has 0 aromatic heterocycles. The number of hydrogen-bond acceptors (Lipinski definition) is 5. The Morgan fingerprint density at radius 1 is 1.19 bits per heavy atom. The normalized spacial score (nSPS) is 11.4. The average molecular weight is 395 g/mol. The van der Waals surface area contributed by atoms with Crippen LogP contribution in [0.4, 0.5) is 5.69 Å². The lowest BCUT2D eigenvalue weighted by Gasteiger charge is -2.16. The number of sulfonamides is 1. The van der Waals surface area contributed by atoms with E-state index in [0.717, 1.165) is 14.8 Å². The first-order chi connectivity index (χ1) is 12.3. The number of nitrogens with zero attached hydrogens (tertiary/aromatic N) is 1. The molecule has 0 atom stereocenters. The molecule has 2 aromatic rings. The second-order valence-corrected chi connectivity index (χ2v) is 8.89. The third-order valence-electron chi connectivity index (χ3n) is 3.66. The number of amides is 1. The van der Waals surface area contributed by atoms with Gasteiger partial charge in [0.1, 0.15) is 10.6 Å². The van der Waals surface area contributed by atoms with Crippen LogP contribution < -0.4 is 10.1 Å². The molecule has 6 nitrogen and oxygen atoms in total. The number of aryl methyl sites for hydroxylation is 1. The zero-order valence-electron chi connectivity index (χ0n) is 15.1. The number of carbonyl (C=O) groups excluding carboxylic acids is 1. The van der Waals surface area contributed by atoms with Crippen LogP contribution in [0.5, 0.6) is 5.75 Å². The standard InChI is InChI=1S/C18H22N2O4S2/c1-13-7-5-6-8-16(13)25-12-18(21)19-14-9-10-15(24-4)17(11-14)26(22,23)20(2)3/h5-11H,12H2,1-4H3,(H,19,21). The van der Waals surface area contributed by atoms with Crippen LogP contribution in [0.1, 0.15) is 5.56 Å². The van der Waals surface area contributed by atoms with Crippen LogP contribution in [0, 0.1) is 6.92 Å². The summed E-state index contributed by atoms with van der Waals surface area (Å²) in [6, 6.07) is 12.4. The second-order valence-electron chi connectivity index (χ2n) is 5.76. The van der Waals surface area contributed by atoms with Crippen LogP contribution in [0.15, 0.2) is 52.3 Å². The molecular weight excluding hydrogens is 372 g/mol. The molecule has 0 spiro atoms. The number of methoxy groups -OCH3 is 1. The number of benzene rings is 2.